The van der Waals surface area contributed by atoms with Crippen LogP contribution in [0.15, 0.2) is 28.7 Å². The highest BCUT2D eigenvalue weighted by Crippen LogP contribution is 2.16. The number of hydrogen-bond donors (Lipinski definition) is 1. The molecule has 1 rings (SSSR count). The summed E-state index contributed by atoms with van der Waals surface area (Å²) in [5, 5.41) is 10.7. The summed E-state index contributed by atoms with van der Waals surface area (Å²) in [6.45, 7) is 0.555. The van der Waals surface area contributed by atoms with Gasteiger partial charge in [0.15, 0.2) is 6.19 Å². The van der Waals surface area contributed by atoms with Crippen LogP contribution in [0.3, 0.4) is 0 Å². The third-order valence-electron chi connectivity index (χ3n) is 1.56. The van der Waals surface area contributed by atoms with E-state index in [4.69, 9.17) is 22.2 Å². The van der Waals surface area contributed by atoms with Gasteiger partial charge in [0.1, 0.15) is 10.1 Å². The molecule has 0 heterocycles. The van der Waals surface area contributed by atoms with Crippen LogP contribution in [0, 0.1) is 11.5 Å². The van der Waals surface area contributed by atoms with Crippen LogP contribution in [-0.4, -0.2) is 16.7 Å². The molecule has 0 saturated heterocycles. The van der Waals surface area contributed by atoms with Gasteiger partial charge in [-0.1, -0.05) is 39.9 Å². The molecule has 0 unspecified atom stereocenters. The van der Waals surface area contributed by atoms with Crippen molar-refractivity contribution in [3.63, 3.8) is 0 Å². The standard InChI is InChI=1S/C10H9BrN2OS2/c11-8-1-3-9(4-2-8)14-5-6-16-10(15)13-7-12/h1-4H,5-6H2,(H,13,15). The highest BCUT2D eigenvalue weighted by molar-refractivity contribution is 9.10. The first kappa shape index (κ1) is 13.3. The molecule has 0 fully saturated rings. The highest BCUT2D eigenvalue weighted by atomic mass is 79.9. The molecule has 1 N–H and O–H groups in total. The molecule has 0 aliphatic carbocycles. The van der Waals surface area contributed by atoms with Crippen LogP contribution in [0.1, 0.15) is 0 Å². The van der Waals surface area contributed by atoms with Crippen molar-refractivity contribution in [3.05, 3.63) is 28.7 Å². The van der Waals surface area contributed by atoms with Gasteiger partial charge in [0.2, 0.25) is 0 Å². The van der Waals surface area contributed by atoms with Gasteiger partial charge in [0.05, 0.1) is 6.61 Å². The zero-order chi connectivity index (χ0) is 11.8. The second-order valence-corrected chi connectivity index (χ2v) is 5.36. The van der Waals surface area contributed by atoms with E-state index in [1.165, 1.54) is 11.8 Å². The third kappa shape index (κ3) is 5.35. The first-order valence-corrected chi connectivity index (χ1v) is 6.61. The quantitative estimate of drug-likeness (QED) is 0.400. The Morgan fingerprint density at radius 1 is 1.50 bits per heavy atom. The maximum atomic E-state index is 8.30. The Morgan fingerprint density at radius 2 is 2.19 bits per heavy atom. The predicted octanol–water partition coefficient (Wildman–Crippen LogP) is 2.92. The number of hydrogen-bond acceptors (Lipinski definition) is 4. The van der Waals surface area contributed by atoms with E-state index in [0.717, 1.165) is 10.2 Å². The van der Waals surface area contributed by atoms with Crippen molar-refractivity contribution in [3.8, 4) is 11.9 Å². The molecule has 0 spiro atoms. The summed E-state index contributed by atoms with van der Waals surface area (Å²) < 4.78 is 6.97. The summed E-state index contributed by atoms with van der Waals surface area (Å²) in [6.07, 6.45) is 1.77. The minimum Gasteiger partial charge on any atom is -0.493 e. The van der Waals surface area contributed by atoms with Crippen LogP contribution >= 0.6 is 39.9 Å². The number of rotatable bonds is 4. The van der Waals surface area contributed by atoms with Crippen molar-refractivity contribution in [2.45, 2.75) is 0 Å². The van der Waals surface area contributed by atoms with Crippen molar-refractivity contribution in [1.29, 1.82) is 5.26 Å². The minimum atomic E-state index is 0.474. The summed E-state index contributed by atoms with van der Waals surface area (Å²) in [7, 11) is 0. The molecule has 0 amide bonds. The molecule has 84 valence electrons. The molecule has 0 aliphatic rings. The van der Waals surface area contributed by atoms with Crippen LogP contribution in [0.2, 0.25) is 0 Å². The maximum Gasteiger partial charge on any atom is 0.182 e. The van der Waals surface area contributed by atoms with E-state index in [2.05, 4.69) is 21.2 Å². The second kappa shape index (κ2) is 7.49. The first-order valence-electron chi connectivity index (χ1n) is 4.42. The maximum absolute atomic E-state index is 8.30. The Labute approximate surface area is 112 Å². The van der Waals surface area contributed by atoms with Crippen molar-refractivity contribution in [2.24, 2.45) is 0 Å². The van der Waals surface area contributed by atoms with Gasteiger partial charge in [-0.3, -0.25) is 5.32 Å². The topological polar surface area (TPSA) is 45.0 Å². The van der Waals surface area contributed by atoms with Crippen molar-refractivity contribution >= 4 is 44.2 Å². The SMILES string of the molecule is N#CNC(=S)SCCOc1ccc(Br)cc1. The summed E-state index contributed by atoms with van der Waals surface area (Å²) >= 11 is 9.60. The zero-order valence-corrected chi connectivity index (χ0v) is 11.5. The molecule has 0 atom stereocenters. The smallest absolute Gasteiger partial charge is 0.182 e. The summed E-state index contributed by atoms with van der Waals surface area (Å²) in [5.41, 5.74) is 0. The van der Waals surface area contributed by atoms with Gasteiger partial charge in [-0.25, -0.2) is 0 Å². The van der Waals surface area contributed by atoms with Crippen LogP contribution < -0.4 is 10.1 Å². The second-order valence-electron chi connectivity index (χ2n) is 2.68. The van der Waals surface area contributed by atoms with E-state index < -0.39 is 0 Å². The highest BCUT2D eigenvalue weighted by Gasteiger charge is 1.97. The summed E-state index contributed by atoms with van der Waals surface area (Å²) in [5.74, 6) is 1.53. The number of halogens is 1. The van der Waals surface area contributed by atoms with E-state index in [0.29, 0.717) is 16.7 Å². The van der Waals surface area contributed by atoms with E-state index in [9.17, 15) is 0 Å². The lowest BCUT2D eigenvalue weighted by atomic mass is 10.3. The average Bonchev–Trinajstić information content (AvgIpc) is 2.27. The van der Waals surface area contributed by atoms with Crippen LogP contribution in [0.4, 0.5) is 0 Å². The number of nitriles is 1. The molecule has 0 aliphatic heterocycles. The van der Waals surface area contributed by atoms with Crippen LogP contribution in [0.5, 0.6) is 5.75 Å². The first-order chi connectivity index (χ1) is 7.72. The van der Waals surface area contributed by atoms with Gasteiger partial charge in [0, 0.05) is 10.2 Å². The fourth-order valence-electron chi connectivity index (χ4n) is 0.906. The third-order valence-corrected chi connectivity index (χ3v) is 3.28. The van der Waals surface area contributed by atoms with Gasteiger partial charge in [0.25, 0.3) is 0 Å². The molecule has 0 saturated carbocycles. The number of nitrogens with zero attached hydrogens (tertiary/aromatic N) is 1. The molecule has 0 aromatic heterocycles. The molecule has 1 aromatic carbocycles. The van der Waals surface area contributed by atoms with Gasteiger partial charge < -0.3 is 4.74 Å². The molecule has 16 heavy (non-hydrogen) atoms. The van der Waals surface area contributed by atoms with Crippen LogP contribution in [0.25, 0.3) is 0 Å². The molecule has 6 heteroatoms. The predicted molar refractivity (Wildman–Crippen MR) is 73.4 cm³/mol. The minimum absolute atomic E-state index is 0.474. The fourth-order valence-corrected chi connectivity index (χ4v) is 1.94. The number of benzene rings is 1. The average molecular weight is 317 g/mol. The summed E-state index contributed by atoms with van der Waals surface area (Å²) in [4.78, 5) is 0. The number of thiocarbonyl (C=S) groups is 1. The van der Waals surface area contributed by atoms with Gasteiger partial charge in [-0.05, 0) is 24.3 Å². The normalized spacial score (nSPS) is 9.25. The fraction of sp³-hybridized carbons (Fsp3) is 0.200. The van der Waals surface area contributed by atoms with Crippen molar-refractivity contribution in [2.75, 3.05) is 12.4 Å². The lowest BCUT2D eigenvalue weighted by Crippen LogP contribution is -2.12. The monoisotopic (exact) mass is 316 g/mol. The zero-order valence-electron chi connectivity index (χ0n) is 8.27. The Morgan fingerprint density at radius 3 is 2.81 bits per heavy atom. The number of nitrogens with one attached hydrogen (secondary N) is 1. The lowest BCUT2D eigenvalue weighted by molar-refractivity contribution is 0.344. The molecular formula is C10H9BrN2OS2. The van der Waals surface area contributed by atoms with E-state index in [1.807, 2.05) is 24.3 Å². The van der Waals surface area contributed by atoms with Crippen molar-refractivity contribution in [1.82, 2.24) is 5.32 Å². The Bertz CT molecular complexity index is 389. The number of ether oxygens (including phenoxy) is 1. The van der Waals surface area contributed by atoms with Gasteiger partial charge in [-0.2, -0.15) is 5.26 Å². The van der Waals surface area contributed by atoms with E-state index in [1.54, 1.807) is 6.19 Å². The Hall–Kier alpha value is -0.770. The van der Waals surface area contributed by atoms with Gasteiger partial charge >= 0.3 is 0 Å². The molecular weight excluding hydrogens is 308 g/mol. The Balaban J connectivity index is 2.19. The van der Waals surface area contributed by atoms with E-state index >= 15 is 0 Å². The van der Waals surface area contributed by atoms with Crippen molar-refractivity contribution < 1.29 is 4.74 Å². The largest absolute Gasteiger partial charge is 0.493 e. The molecule has 0 bridgehead atoms. The summed E-state index contributed by atoms with van der Waals surface area (Å²) in [6, 6.07) is 7.62. The van der Waals surface area contributed by atoms with Crippen LogP contribution in [-0.2, 0) is 0 Å². The van der Waals surface area contributed by atoms with Gasteiger partial charge in [-0.15, -0.1) is 0 Å². The molecule has 1 aromatic rings. The Kier molecular flexibility index (Phi) is 6.23. The number of thioether (sulfide) groups is 1. The van der Waals surface area contributed by atoms with E-state index in [-0.39, 0.29) is 0 Å². The molecule has 0 radical (unpaired) electrons. The lowest BCUT2D eigenvalue weighted by Gasteiger charge is -2.05. The molecule has 3 nitrogen and oxygen atoms in total.